The first-order valence-corrected chi connectivity index (χ1v) is 8.44. The first-order chi connectivity index (χ1) is 11.6. The topological polar surface area (TPSA) is 75.7 Å². The Morgan fingerprint density at radius 2 is 2.08 bits per heavy atom. The minimum atomic E-state index is -0.435. The van der Waals surface area contributed by atoms with Crippen molar-refractivity contribution in [2.75, 3.05) is 18.5 Å². The van der Waals surface area contributed by atoms with Gasteiger partial charge in [0.05, 0.1) is 12.2 Å². The van der Waals surface area contributed by atoms with E-state index in [0.717, 1.165) is 12.8 Å². The summed E-state index contributed by atoms with van der Waals surface area (Å²) in [6, 6.07) is 6.20. The van der Waals surface area contributed by atoms with Crippen LogP contribution in [0.1, 0.15) is 49.9 Å². The summed E-state index contributed by atoms with van der Waals surface area (Å²) >= 11 is 0. The smallest absolute Gasteiger partial charge is 0.338 e. The summed E-state index contributed by atoms with van der Waals surface area (Å²) in [5, 5.41) is 2.81. The van der Waals surface area contributed by atoms with Gasteiger partial charge in [-0.1, -0.05) is 13.0 Å². The molecular formula is C18H24N2O4. The summed E-state index contributed by atoms with van der Waals surface area (Å²) in [4.78, 5) is 38.1. The fraction of sp³-hybridized carbons (Fsp3) is 0.500. The van der Waals surface area contributed by atoms with E-state index in [1.807, 2.05) is 6.92 Å². The van der Waals surface area contributed by atoms with Gasteiger partial charge in [0, 0.05) is 18.7 Å². The molecule has 0 spiro atoms. The van der Waals surface area contributed by atoms with Crippen LogP contribution < -0.4 is 5.32 Å². The summed E-state index contributed by atoms with van der Waals surface area (Å²) in [6.45, 7) is 4.61. The molecule has 6 nitrogen and oxygen atoms in total. The van der Waals surface area contributed by atoms with E-state index in [9.17, 15) is 14.4 Å². The molecule has 1 aromatic rings. The standard InChI is InChI=1S/C18H24N2O4/c1-3-7-16(21)20-11-6-10-15(20)17(22)19-14-9-5-8-13(12-14)18(23)24-4-2/h5,8-9,12,15H,3-4,6-7,10-11H2,1-2H3,(H,19,22). The number of nitrogens with zero attached hydrogens (tertiary/aromatic N) is 1. The van der Waals surface area contributed by atoms with Gasteiger partial charge < -0.3 is 15.0 Å². The molecule has 1 heterocycles. The minimum Gasteiger partial charge on any atom is -0.462 e. The van der Waals surface area contributed by atoms with Gasteiger partial charge in [-0.15, -0.1) is 0 Å². The van der Waals surface area contributed by atoms with Gasteiger partial charge in [0.15, 0.2) is 0 Å². The van der Waals surface area contributed by atoms with Crippen LogP contribution in [0.15, 0.2) is 24.3 Å². The van der Waals surface area contributed by atoms with Crippen molar-refractivity contribution in [3.63, 3.8) is 0 Å². The lowest BCUT2D eigenvalue weighted by Gasteiger charge is -2.24. The predicted molar refractivity (Wildman–Crippen MR) is 90.7 cm³/mol. The van der Waals surface area contributed by atoms with Gasteiger partial charge in [-0.3, -0.25) is 9.59 Å². The van der Waals surface area contributed by atoms with Gasteiger partial charge >= 0.3 is 5.97 Å². The van der Waals surface area contributed by atoms with Crippen LogP contribution in [-0.4, -0.2) is 41.9 Å². The van der Waals surface area contributed by atoms with Crippen LogP contribution in [0, 0.1) is 0 Å². The molecule has 6 heteroatoms. The molecule has 1 aliphatic rings. The third-order valence-corrected chi connectivity index (χ3v) is 3.98. The van der Waals surface area contributed by atoms with E-state index < -0.39 is 12.0 Å². The van der Waals surface area contributed by atoms with E-state index in [0.29, 0.717) is 37.2 Å². The first kappa shape index (κ1) is 18.0. The Bertz CT molecular complexity index is 615. The maximum Gasteiger partial charge on any atom is 0.338 e. The highest BCUT2D eigenvalue weighted by Crippen LogP contribution is 2.21. The minimum absolute atomic E-state index is 0.0235. The number of esters is 1. The Morgan fingerprint density at radius 1 is 1.29 bits per heavy atom. The molecule has 1 unspecified atom stereocenters. The van der Waals surface area contributed by atoms with Crippen molar-refractivity contribution in [1.82, 2.24) is 4.90 Å². The highest BCUT2D eigenvalue weighted by molar-refractivity contribution is 5.98. The van der Waals surface area contributed by atoms with Crippen molar-refractivity contribution in [3.8, 4) is 0 Å². The lowest BCUT2D eigenvalue weighted by molar-refractivity contribution is -0.136. The second kappa shape index (κ2) is 8.47. The Labute approximate surface area is 142 Å². The van der Waals surface area contributed by atoms with E-state index in [-0.39, 0.29) is 11.8 Å². The number of hydrogen-bond acceptors (Lipinski definition) is 4. The first-order valence-electron chi connectivity index (χ1n) is 8.44. The quantitative estimate of drug-likeness (QED) is 0.813. The molecule has 0 saturated carbocycles. The van der Waals surface area contributed by atoms with Crippen molar-refractivity contribution in [3.05, 3.63) is 29.8 Å². The van der Waals surface area contributed by atoms with E-state index in [1.54, 1.807) is 36.1 Å². The van der Waals surface area contributed by atoms with Crippen molar-refractivity contribution in [1.29, 1.82) is 0 Å². The summed E-state index contributed by atoms with van der Waals surface area (Å²) < 4.78 is 4.96. The lowest BCUT2D eigenvalue weighted by atomic mass is 10.1. The Morgan fingerprint density at radius 3 is 2.79 bits per heavy atom. The predicted octanol–water partition coefficient (Wildman–Crippen LogP) is 2.59. The number of amides is 2. The van der Waals surface area contributed by atoms with Crippen molar-refractivity contribution in [2.24, 2.45) is 0 Å². The molecule has 1 saturated heterocycles. The van der Waals surface area contributed by atoms with Gasteiger partial charge in [0.1, 0.15) is 6.04 Å². The van der Waals surface area contributed by atoms with Crippen molar-refractivity contribution >= 4 is 23.5 Å². The number of carbonyl (C=O) groups is 3. The monoisotopic (exact) mass is 332 g/mol. The zero-order chi connectivity index (χ0) is 17.5. The largest absolute Gasteiger partial charge is 0.462 e. The molecule has 24 heavy (non-hydrogen) atoms. The summed E-state index contributed by atoms with van der Waals surface area (Å²) in [7, 11) is 0. The van der Waals surface area contributed by atoms with Crippen LogP contribution in [0.25, 0.3) is 0 Å². The third-order valence-electron chi connectivity index (χ3n) is 3.98. The van der Waals surface area contributed by atoms with E-state index in [4.69, 9.17) is 4.74 Å². The van der Waals surface area contributed by atoms with Crippen molar-refractivity contribution in [2.45, 2.75) is 45.6 Å². The van der Waals surface area contributed by atoms with Gasteiger partial charge in [-0.25, -0.2) is 4.79 Å². The summed E-state index contributed by atoms with van der Waals surface area (Å²) in [5.74, 6) is -0.609. The Hall–Kier alpha value is -2.37. The van der Waals surface area contributed by atoms with Gasteiger partial charge in [0.2, 0.25) is 11.8 Å². The SMILES string of the molecule is CCCC(=O)N1CCCC1C(=O)Nc1cccc(C(=O)OCC)c1. The number of carbonyl (C=O) groups excluding carboxylic acids is 3. The van der Waals surface area contributed by atoms with Crippen molar-refractivity contribution < 1.29 is 19.1 Å². The molecule has 2 rings (SSSR count). The molecule has 130 valence electrons. The van der Waals surface area contributed by atoms with Crippen LogP contribution >= 0.6 is 0 Å². The van der Waals surface area contributed by atoms with Gasteiger partial charge in [-0.2, -0.15) is 0 Å². The molecule has 1 N–H and O–H groups in total. The number of benzene rings is 1. The second-order valence-electron chi connectivity index (χ2n) is 5.79. The van der Waals surface area contributed by atoms with Crippen LogP contribution in [0.3, 0.4) is 0 Å². The third kappa shape index (κ3) is 4.34. The van der Waals surface area contributed by atoms with E-state index >= 15 is 0 Å². The maximum absolute atomic E-state index is 12.5. The molecule has 1 atom stereocenters. The molecule has 1 aliphatic heterocycles. The summed E-state index contributed by atoms with van der Waals surface area (Å²) in [5.41, 5.74) is 0.917. The molecular weight excluding hydrogens is 308 g/mol. The highest BCUT2D eigenvalue weighted by atomic mass is 16.5. The van der Waals surface area contributed by atoms with Gasteiger partial charge in [0.25, 0.3) is 0 Å². The van der Waals surface area contributed by atoms with E-state index in [2.05, 4.69) is 5.32 Å². The molecule has 0 bridgehead atoms. The molecule has 0 aromatic heterocycles. The van der Waals surface area contributed by atoms with Gasteiger partial charge in [-0.05, 0) is 44.4 Å². The van der Waals surface area contributed by atoms with Crippen LogP contribution in [-0.2, 0) is 14.3 Å². The average Bonchev–Trinajstić information content (AvgIpc) is 3.05. The molecule has 2 amide bonds. The van der Waals surface area contributed by atoms with Crippen LogP contribution in [0.5, 0.6) is 0 Å². The number of likely N-dealkylation sites (tertiary alicyclic amines) is 1. The fourth-order valence-corrected chi connectivity index (χ4v) is 2.86. The maximum atomic E-state index is 12.5. The molecule has 0 aliphatic carbocycles. The van der Waals surface area contributed by atoms with Crippen LogP contribution in [0.4, 0.5) is 5.69 Å². The molecule has 0 radical (unpaired) electrons. The number of rotatable bonds is 6. The number of hydrogen-bond donors (Lipinski definition) is 1. The Kier molecular flexibility index (Phi) is 6.35. The molecule has 1 aromatic carbocycles. The zero-order valence-electron chi connectivity index (χ0n) is 14.2. The highest BCUT2D eigenvalue weighted by Gasteiger charge is 2.33. The zero-order valence-corrected chi connectivity index (χ0v) is 14.2. The normalized spacial score (nSPS) is 16.8. The van der Waals surface area contributed by atoms with E-state index in [1.165, 1.54) is 0 Å². The van der Waals surface area contributed by atoms with Crippen LogP contribution in [0.2, 0.25) is 0 Å². The summed E-state index contributed by atoms with van der Waals surface area (Å²) in [6.07, 6.45) is 2.72. The molecule has 1 fully saturated rings. The number of ether oxygens (including phenoxy) is 1. The lowest BCUT2D eigenvalue weighted by Crippen LogP contribution is -2.43. The Balaban J connectivity index is 2.05. The second-order valence-corrected chi connectivity index (χ2v) is 5.79. The number of nitrogens with one attached hydrogen (secondary N) is 1. The average molecular weight is 332 g/mol. The number of anilines is 1. The fourth-order valence-electron chi connectivity index (χ4n) is 2.86.